The SMILES string of the molecule is CC(C)C(NC(=O)c1ccc(Cl)c(Cl)c1)C(=O)N/N=C\c1cc(Br)c(Br)o1. The van der Waals surface area contributed by atoms with Crippen LogP contribution in [0.3, 0.4) is 0 Å². The van der Waals surface area contributed by atoms with Gasteiger partial charge in [-0.2, -0.15) is 5.10 Å². The van der Waals surface area contributed by atoms with Gasteiger partial charge in [-0.3, -0.25) is 9.59 Å². The van der Waals surface area contributed by atoms with Gasteiger partial charge in [0.05, 0.1) is 20.7 Å². The maximum atomic E-state index is 12.4. The number of carbonyl (C=O) groups is 2. The highest BCUT2D eigenvalue weighted by atomic mass is 79.9. The molecule has 0 radical (unpaired) electrons. The molecule has 1 unspecified atom stereocenters. The molecule has 0 fully saturated rings. The van der Waals surface area contributed by atoms with Crippen LogP contribution in [0.4, 0.5) is 0 Å². The van der Waals surface area contributed by atoms with Gasteiger partial charge in [-0.15, -0.1) is 0 Å². The van der Waals surface area contributed by atoms with Gasteiger partial charge in [0.25, 0.3) is 11.8 Å². The van der Waals surface area contributed by atoms with E-state index in [1.807, 2.05) is 13.8 Å². The van der Waals surface area contributed by atoms with Crippen molar-refractivity contribution in [2.24, 2.45) is 11.0 Å². The molecule has 10 heteroatoms. The molecule has 0 aliphatic carbocycles. The standard InChI is InChI=1S/C17H15Br2Cl2N3O3/c1-8(2)14(23-16(25)9-3-4-12(20)13(21)5-9)17(26)24-22-7-10-6-11(18)15(19)27-10/h3-8,14H,1-2H3,(H,23,25)(H,24,26)/b22-7-. The van der Waals surface area contributed by atoms with Crippen molar-refractivity contribution in [1.82, 2.24) is 10.7 Å². The molecule has 0 aliphatic rings. The Hall–Kier alpha value is -1.35. The second kappa shape index (κ2) is 9.73. The number of halogens is 4. The van der Waals surface area contributed by atoms with E-state index in [-0.39, 0.29) is 10.9 Å². The molecule has 1 aromatic heterocycles. The van der Waals surface area contributed by atoms with E-state index in [2.05, 4.69) is 47.7 Å². The summed E-state index contributed by atoms with van der Waals surface area (Å²) in [6.45, 7) is 3.62. The first kappa shape index (κ1) is 21.9. The number of carbonyl (C=O) groups excluding carboxylic acids is 2. The Kier molecular flexibility index (Phi) is 7.91. The summed E-state index contributed by atoms with van der Waals surface area (Å²) in [4.78, 5) is 24.8. The highest BCUT2D eigenvalue weighted by molar-refractivity contribution is 9.13. The smallest absolute Gasteiger partial charge is 0.262 e. The molecule has 2 aromatic rings. The largest absolute Gasteiger partial charge is 0.447 e. The average Bonchev–Trinajstić information content (AvgIpc) is 2.92. The van der Waals surface area contributed by atoms with Crippen LogP contribution in [-0.4, -0.2) is 24.1 Å². The molecule has 1 aromatic carbocycles. The van der Waals surface area contributed by atoms with Gasteiger partial charge in [0.2, 0.25) is 0 Å². The molecule has 27 heavy (non-hydrogen) atoms. The van der Waals surface area contributed by atoms with Crippen LogP contribution in [0.1, 0.15) is 30.0 Å². The second-order valence-corrected chi connectivity index (χ2v) is 8.22. The Morgan fingerprint density at radius 2 is 1.89 bits per heavy atom. The lowest BCUT2D eigenvalue weighted by atomic mass is 10.0. The number of nitrogens with one attached hydrogen (secondary N) is 2. The first-order chi connectivity index (χ1) is 12.7. The van der Waals surface area contributed by atoms with E-state index in [1.54, 1.807) is 6.07 Å². The molecule has 2 amide bonds. The highest BCUT2D eigenvalue weighted by Crippen LogP contribution is 2.25. The fourth-order valence-corrected chi connectivity index (χ4v) is 2.96. The number of hydrazone groups is 1. The fourth-order valence-electron chi connectivity index (χ4n) is 2.05. The van der Waals surface area contributed by atoms with E-state index in [9.17, 15) is 9.59 Å². The van der Waals surface area contributed by atoms with Gasteiger partial charge in [0, 0.05) is 11.6 Å². The zero-order chi connectivity index (χ0) is 20.1. The van der Waals surface area contributed by atoms with Gasteiger partial charge >= 0.3 is 0 Å². The Bertz CT molecular complexity index is 865. The van der Waals surface area contributed by atoms with Crippen molar-refractivity contribution < 1.29 is 14.0 Å². The van der Waals surface area contributed by atoms with Gasteiger partial charge in [-0.1, -0.05) is 37.0 Å². The lowest BCUT2D eigenvalue weighted by molar-refractivity contribution is -0.123. The van der Waals surface area contributed by atoms with Gasteiger partial charge < -0.3 is 9.73 Å². The van der Waals surface area contributed by atoms with Crippen LogP contribution < -0.4 is 10.7 Å². The lowest BCUT2D eigenvalue weighted by Gasteiger charge is -2.20. The molecule has 1 heterocycles. The number of rotatable bonds is 6. The van der Waals surface area contributed by atoms with Crippen LogP contribution in [0.2, 0.25) is 10.0 Å². The number of amides is 2. The first-order valence-electron chi connectivity index (χ1n) is 7.72. The van der Waals surface area contributed by atoms with Crippen molar-refractivity contribution in [3.05, 3.63) is 54.8 Å². The summed E-state index contributed by atoms with van der Waals surface area (Å²) in [6.07, 6.45) is 1.35. The Morgan fingerprint density at radius 1 is 1.19 bits per heavy atom. The third-order valence-corrected chi connectivity index (χ3v) is 5.90. The van der Waals surface area contributed by atoms with Crippen LogP contribution >= 0.6 is 55.1 Å². The summed E-state index contributed by atoms with van der Waals surface area (Å²) in [5.74, 6) is -0.626. The predicted octanol–water partition coefficient (Wildman–Crippen LogP) is 5.02. The summed E-state index contributed by atoms with van der Waals surface area (Å²) in [7, 11) is 0. The summed E-state index contributed by atoms with van der Waals surface area (Å²) in [5, 5.41) is 7.14. The van der Waals surface area contributed by atoms with Crippen LogP contribution in [0.25, 0.3) is 0 Å². The highest BCUT2D eigenvalue weighted by Gasteiger charge is 2.24. The minimum Gasteiger partial charge on any atom is -0.447 e. The monoisotopic (exact) mass is 537 g/mol. The minimum atomic E-state index is -0.792. The molecule has 0 spiro atoms. The quantitative estimate of drug-likeness (QED) is 0.399. The molecular weight excluding hydrogens is 525 g/mol. The van der Waals surface area contributed by atoms with Crippen molar-refractivity contribution in [2.75, 3.05) is 0 Å². The number of hydrogen-bond donors (Lipinski definition) is 2. The third kappa shape index (κ3) is 6.07. The van der Waals surface area contributed by atoms with E-state index >= 15 is 0 Å². The van der Waals surface area contributed by atoms with E-state index in [0.29, 0.717) is 21.0 Å². The summed E-state index contributed by atoms with van der Waals surface area (Å²) in [6, 6.07) is 5.39. The van der Waals surface area contributed by atoms with E-state index in [1.165, 1.54) is 24.4 Å². The van der Waals surface area contributed by atoms with Gasteiger partial charge in [0.15, 0.2) is 4.67 Å². The van der Waals surface area contributed by atoms with Crippen molar-refractivity contribution in [2.45, 2.75) is 19.9 Å². The second-order valence-electron chi connectivity index (χ2n) is 5.83. The molecular formula is C17H15Br2Cl2N3O3. The first-order valence-corrected chi connectivity index (χ1v) is 10.1. The zero-order valence-corrected chi connectivity index (χ0v) is 18.9. The Labute approximate surface area is 182 Å². The van der Waals surface area contributed by atoms with E-state index in [0.717, 1.165) is 4.47 Å². The maximum absolute atomic E-state index is 12.4. The van der Waals surface area contributed by atoms with Crippen LogP contribution in [0.15, 0.2) is 42.9 Å². The van der Waals surface area contributed by atoms with Crippen LogP contribution in [0.5, 0.6) is 0 Å². The number of benzene rings is 1. The Morgan fingerprint density at radius 3 is 2.44 bits per heavy atom. The molecule has 2 N–H and O–H groups in total. The fraction of sp³-hybridized carbons (Fsp3) is 0.235. The molecule has 1 atom stereocenters. The molecule has 6 nitrogen and oxygen atoms in total. The van der Waals surface area contributed by atoms with Crippen molar-refractivity contribution >= 4 is 73.1 Å². The van der Waals surface area contributed by atoms with E-state index in [4.69, 9.17) is 27.6 Å². The topological polar surface area (TPSA) is 83.7 Å². The Balaban J connectivity index is 2.03. The number of nitrogens with zero attached hydrogens (tertiary/aromatic N) is 1. The molecule has 144 valence electrons. The molecule has 0 saturated heterocycles. The lowest BCUT2D eigenvalue weighted by Crippen LogP contribution is -2.48. The third-order valence-electron chi connectivity index (χ3n) is 3.45. The molecule has 2 rings (SSSR count). The summed E-state index contributed by atoms with van der Waals surface area (Å²) in [5.41, 5.74) is 2.70. The summed E-state index contributed by atoms with van der Waals surface area (Å²) < 4.78 is 6.57. The van der Waals surface area contributed by atoms with Gasteiger partial charge in [0.1, 0.15) is 11.8 Å². The number of hydrogen-bond acceptors (Lipinski definition) is 4. The maximum Gasteiger partial charge on any atom is 0.262 e. The number of furan rings is 1. The van der Waals surface area contributed by atoms with Crippen molar-refractivity contribution in [1.29, 1.82) is 0 Å². The van der Waals surface area contributed by atoms with Gasteiger partial charge in [-0.05, 0) is 56.0 Å². The minimum absolute atomic E-state index is 0.168. The molecule has 0 bridgehead atoms. The van der Waals surface area contributed by atoms with Crippen LogP contribution in [0, 0.1) is 5.92 Å². The zero-order valence-electron chi connectivity index (χ0n) is 14.2. The predicted molar refractivity (Wildman–Crippen MR) is 112 cm³/mol. The normalized spacial score (nSPS) is 12.4. The average molecular weight is 540 g/mol. The van der Waals surface area contributed by atoms with Crippen molar-refractivity contribution in [3.63, 3.8) is 0 Å². The van der Waals surface area contributed by atoms with Crippen molar-refractivity contribution in [3.8, 4) is 0 Å². The van der Waals surface area contributed by atoms with Gasteiger partial charge in [-0.25, -0.2) is 5.43 Å². The molecule has 0 saturated carbocycles. The van der Waals surface area contributed by atoms with Crippen LogP contribution in [-0.2, 0) is 4.79 Å². The summed E-state index contributed by atoms with van der Waals surface area (Å²) >= 11 is 18.3. The molecule has 0 aliphatic heterocycles. The van der Waals surface area contributed by atoms with E-state index < -0.39 is 17.9 Å².